The van der Waals surface area contributed by atoms with E-state index in [1.54, 1.807) is 20.8 Å². The zero-order valence-corrected chi connectivity index (χ0v) is 28.1. The number of amides is 2. The molecule has 1 aromatic rings. The molecule has 7 nitrogen and oxygen atoms in total. The predicted molar refractivity (Wildman–Crippen MR) is 171 cm³/mol. The average molecular weight is 659 g/mol. The molecule has 1 rings (SSSR count). The van der Waals surface area contributed by atoms with Gasteiger partial charge in [0.15, 0.2) is 11.6 Å². The number of carbonyl (C=O) groups is 3. The Bertz CT molecular complexity index is 1070. The topological polar surface area (TPSA) is 93.7 Å². The lowest BCUT2D eigenvalue weighted by Gasteiger charge is -2.23. The van der Waals surface area contributed by atoms with Gasteiger partial charge in [-0.15, -0.1) is 0 Å². The van der Waals surface area contributed by atoms with Gasteiger partial charge in [-0.2, -0.15) is 8.78 Å². The highest BCUT2D eigenvalue weighted by atomic mass is 19.2. The first-order valence-corrected chi connectivity index (χ1v) is 16.8. The summed E-state index contributed by atoms with van der Waals surface area (Å²) in [6, 6.07) is -1.45. The van der Waals surface area contributed by atoms with Gasteiger partial charge in [-0.25, -0.2) is 18.4 Å². The van der Waals surface area contributed by atoms with Gasteiger partial charge in [-0.1, -0.05) is 70.4 Å². The van der Waals surface area contributed by atoms with Gasteiger partial charge in [0.25, 0.3) is 0 Å². The van der Waals surface area contributed by atoms with Crippen LogP contribution in [-0.4, -0.2) is 36.2 Å². The van der Waals surface area contributed by atoms with Gasteiger partial charge in [0, 0.05) is 19.0 Å². The van der Waals surface area contributed by atoms with Crippen molar-refractivity contribution in [2.45, 2.75) is 148 Å². The van der Waals surface area contributed by atoms with Crippen LogP contribution in [0.1, 0.15) is 137 Å². The van der Waals surface area contributed by atoms with Crippen LogP contribution in [-0.2, 0) is 14.3 Å². The molecule has 0 saturated carbocycles. The highest BCUT2D eigenvalue weighted by molar-refractivity contribution is 5.83. The molecule has 262 valence electrons. The first-order chi connectivity index (χ1) is 21.9. The van der Waals surface area contributed by atoms with Crippen LogP contribution in [0.25, 0.3) is 0 Å². The average Bonchev–Trinajstić information content (AvgIpc) is 2.98. The van der Waals surface area contributed by atoms with Crippen molar-refractivity contribution in [2.75, 3.05) is 6.54 Å². The number of unbranched alkanes of at least 4 members (excludes halogenated alkanes) is 12. The summed E-state index contributed by atoms with van der Waals surface area (Å²) in [5.41, 5.74) is -0.906. The number of ether oxygens (including phenoxy) is 2. The lowest BCUT2D eigenvalue weighted by atomic mass is 10.1. The monoisotopic (exact) mass is 658 g/mol. The highest BCUT2D eigenvalue weighted by Gasteiger charge is 2.29. The Labute approximate surface area is 272 Å². The second-order valence-electron chi connectivity index (χ2n) is 12.6. The molecule has 0 radical (unpaired) electrons. The summed E-state index contributed by atoms with van der Waals surface area (Å²) in [7, 11) is 0. The maximum Gasteiger partial charge on any atom is 0.408 e. The third-order valence-electron chi connectivity index (χ3n) is 7.16. The Hall–Kier alpha value is -3.11. The zero-order valence-electron chi connectivity index (χ0n) is 28.1. The normalized spacial score (nSPS) is 12.3. The fraction of sp³-hybridized carbons (Fsp3) is 0.686. The van der Waals surface area contributed by atoms with E-state index in [4.69, 9.17) is 4.74 Å². The molecule has 0 saturated heterocycles. The number of hydrogen-bond acceptors (Lipinski definition) is 5. The number of hydrogen-bond donors (Lipinski definition) is 2. The Morgan fingerprint density at radius 2 is 1.33 bits per heavy atom. The minimum Gasteiger partial charge on any atom is -0.444 e. The molecule has 0 spiro atoms. The van der Waals surface area contributed by atoms with E-state index >= 15 is 0 Å². The predicted octanol–water partition coefficient (Wildman–Crippen LogP) is 9.37. The minimum atomic E-state index is -1.88. The first kappa shape index (κ1) is 40.9. The number of halogens is 4. The summed E-state index contributed by atoms with van der Waals surface area (Å²) >= 11 is 0. The molecule has 0 fully saturated rings. The molecule has 0 aliphatic carbocycles. The van der Waals surface area contributed by atoms with Crippen LogP contribution in [0, 0.1) is 23.3 Å². The quantitative estimate of drug-likeness (QED) is 0.0305. The van der Waals surface area contributed by atoms with Crippen molar-refractivity contribution in [3.8, 4) is 5.75 Å². The lowest BCUT2D eigenvalue weighted by molar-refractivity contribution is -0.137. The molecule has 0 aliphatic rings. The maximum absolute atomic E-state index is 14.0. The number of rotatable bonds is 23. The van der Waals surface area contributed by atoms with E-state index in [0.717, 1.165) is 38.5 Å². The van der Waals surface area contributed by atoms with Crippen LogP contribution >= 0.6 is 0 Å². The molecule has 0 unspecified atom stereocenters. The van der Waals surface area contributed by atoms with Crippen molar-refractivity contribution in [3.05, 3.63) is 41.5 Å². The van der Waals surface area contributed by atoms with Gasteiger partial charge in [-0.3, -0.25) is 4.79 Å². The number of esters is 1. The molecule has 0 bridgehead atoms. The maximum atomic E-state index is 14.0. The second-order valence-corrected chi connectivity index (χ2v) is 12.6. The molecule has 1 atom stereocenters. The van der Waals surface area contributed by atoms with Crippen LogP contribution in [0.5, 0.6) is 5.75 Å². The second kappa shape index (κ2) is 23.2. The molecule has 2 amide bonds. The van der Waals surface area contributed by atoms with Gasteiger partial charge in [-0.05, 0) is 72.1 Å². The van der Waals surface area contributed by atoms with Crippen molar-refractivity contribution in [2.24, 2.45) is 0 Å². The number of carbonyl (C=O) groups excluding carboxylic acids is 3. The highest BCUT2D eigenvalue weighted by Crippen LogP contribution is 2.27. The van der Waals surface area contributed by atoms with Crippen LogP contribution in [0.15, 0.2) is 18.2 Å². The summed E-state index contributed by atoms with van der Waals surface area (Å²) in [5, 5.41) is 5.09. The minimum absolute atomic E-state index is 0.00942. The van der Waals surface area contributed by atoms with Gasteiger partial charge in [0.05, 0.1) is 0 Å². The molecular weight excluding hydrogens is 604 g/mol. The summed E-state index contributed by atoms with van der Waals surface area (Å²) in [5.74, 6) is -10.2. The van der Waals surface area contributed by atoms with E-state index in [1.165, 1.54) is 44.9 Å². The van der Waals surface area contributed by atoms with Gasteiger partial charge >= 0.3 is 12.1 Å². The van der Waals surface area contributed by atoms with Crippen LogP contribution in [0.3, 0.4) is 0 Å². The summed E-state index contributed by atoms with van der Waals surface area (Å²) in [6.45, 7) is 7.34. The smallest absolute Gasteiger partial charge is 0.408 e. The zero-order chi connectivity index (χ0) is 34.4. The molecule has 0 aliphatic heterocycles. The fourth-order valence-electron chi connectivity index (χ4n) is 4.66. The van der Waals surface area contributed by atoms with Gasteiger partial charge in [0.2, 0.25) is 23.3 Å². The van der Waals surface area contributed by atoms with Crippen molar-refractivity contribution in [3.63, 3.8) is 0 Å². The van der Waals surface area contributed by atoms with Crippen molar-refractivity contribution >= 4 is 18.0 Å². The van der Waals surface area contributed by atoms with E-state index < -0.39 is 52.7 Å². The van der Waals surface area contributed by atoms with E-state index in [9.17, 15) is 31.9 Å². The Balaban J connectivity index is 2.33. The Morgan fingerprint density at radius 3 is 1.89 bits per heavy atom. The first-order valence-electron chi connectivity index (χ1n) is 16.8. The number of nitrogens with one attached hydrogen (secondary N) is 2. The Morgan fingerprint density at radius 1 is 0.783 bits per heavy atom. The summed E-state index contributed by atoms with van der Waals surface area (Å²) in [4.78, 5) is 37.1. The van der Waals surface area contributed by atoms with Crippen LogP contribution in [0.4, 0.5) is 22.4 Å². The van der Waals surface area contributed by atoms with Crippen molar-refractivity contribution < 1.29 is 41.4 Å². The molecular formula is C35H54F4N2O5. The third kappa shape index (κ3) is 18.8. The lowest BCUT2D eigenvalue weighted by Crippen LogP contribution is -2.45. The third-order valence-corrected chi connectivity index (χ3v) is 7.16. The molecule has 11 heteroatoms. The molecule has 2 N–H and O–H groups in total. The van der Waals surface area contributed by atoms with E-state index in [2.05, 4.69) is 34.4 Å². The van der Waals surface area contributed by atoms with Crippen molar-refractivity contribution in [1.82, 2.24) is 10.6 Å². The fourth-order valence-corrected chi connectivity index (χ4v) is 4.66. The SMILES string of the molecule is CCCCCCCC/C=C\CCCCCCCC(=O)NCCCC[C@H](NC(=O)OC(C)(C)C)C(=O)Oc1c(F)c(F)cc(F)c1F. The summed E-state index contributed by atoms with van der Waals surface area (Å²) in [6.07, 6.45) is 20.0. The molecule has 0 heterocycles. The molecule has 1 aromatic carbocycles. The van der Waals surface area contributed by atoms with Gasteiger partial charge < -0.3 is 20.1 Å². The summed E-state index contributed by atoms with van der Waals surface area (Å²) < 4.78 is 64.9. The van der Waals surface area contributed by atoms with Crippen molar-refractivity contribution in [1.29, 1.82) is 0 Å². The van der Waals surface area contributed by atoms with Crippen LogP contribution in [0.2, 0.25) is 0 Å². The van der Waals surface area contributed by atoms with Crippen LogP contribution < -0.4 is 15.4 Å². The van der Waals surface area contributed by atoms with E-state index in [-0.39, 0.29) is 18.4 Å². The van der Waals surface area contributed by atoms with Gasteiger partial charge in [0.1, 0.15) is 11.6 Å². The number of alkyl carbamates (subject to hydrolysis) is 1. The number of allylic oxidation sites excluding steroid dienone is 2. The molecule has 0 aromatic heterocycles. The molecule has 46 heavy (non-hydrogen) atoms. The number of benzene rings is 1. The largest absolute Gasteiger partial charge is 0.444 e. The van der Waals surface area contributed by atoms with E-state index in [1.807, 2.05) is 0 Å². The Kier molecular flexibility index (Phi) is 20.7. The van der Waals surface area contributed by atoms with E-state index in [0.29, 0.717) is 25.8 Å². The standard InChI is InChI=1S/C35H54F4N2O5/c1-5-6-7-8-9-10-11-12-13-14-15-16-17-18-19-23-29(42)40-24-21-20-22-28(41-34(44)46-35(2,3)4)33(43)45-32-30(38)26(36)25-27(37)31(32)39/h12-13,25,28H,5-11,14-24H2,1-4H3,(H,40,42)(H,41,44)/b13-12-/t28-/m0/s1.